The molecule has 2 rings (SSSR count). The predicted octanol–water partition coefficient (Wildman–Crippen LogP) is 0.759. The molecule has 2 aromatic rings. The van der Waals surface area contributed by atoms with Crippen molar-refractivity contribution >= 4 is 5.97 Å². The molecule has 88 valence electrons. The van der Waals surface area contributed by atoms with Crippen molar-refractivity contribution in [3.05, 3.63) is 30.6 Å². The number of hydrogen-bond acceptors (Lipinski definition) is 5. The van der Waals surface area contributed by atoms with Crippen molar-refractivity contribution in [3.63, 3.8) is 0 Å². The zero-order chi connectivity index (χ0) is 12.3. The van der Waals surface area contributed by atoms with Gasteiger partial charge >= 0.3 is 5.97 Å². The zero-order valence-corrected chi connectivity index (χ0v) is 9.07. The second-order valence-corrected chi connectivity index (χ2v) is 3.12. The highest BCUT2D eigenvalue weighted by molar-refractivity contribution is 5.85. The Kier molecular flexibility index (Phi) is 2.99. The Balaban J connectivity index is 2.31. The van der Waals surface area contributed by atoms with Gasteiger partial charge in [0.25, 0.3) is 0 Å². The van der Waals surface area contributed by atoms with Gasteiger partial charge in [0.15, 0.2) is 11.5 Å². The van der Waals surface area contributed by atoms with E-state index in [-0.39, 0.29) is 5.69 Å². The topological polar surface area (TPSA) is 90.1 Å². The van der Waals surface area contributed by atoms with Crippen LogP contribution in [0.3, 0.4) is 0 Å². The van der Waals surface area contributed by atoms with E-state index in [1.165, 1.54) is 29.5 Å². The van der Waals surface area contributed by atoms with E-state index in [1.807, 2.05) is 6.92 Å². The Bertz CT molecular complexity index is 538. The number of ether oxygens (including phenoxy) is 1. The van der Waals surface area contributed by atoms with Gasteiger partial charge in [-0.2, -0.15) is 4.98 Å². The van der Waals surface area contributed by atoms with Gasteiger partial charge in [-0.25, -0.2) is 9.78 Å². The molecule has 1 N–H and O–H groups in total. The van der Waals surface area contributed by atoms with Gasteiger partial charge in [-0.1, -0.05) is 0 Å². The Morgan fingerprint density at radius 1 is 1.53 bits per heavy atom. The lowest BCUT2D eigenvalue weighted by molar-refractivity contribution is 0.0691. The third-order valence-corrected chi connectivity index (χ3v) is 1.96. The summed E-state index contributed by atoms with van der Waals surface area (Å²) in [7, 11) is 0. The maximum absolute atomic E-state index is 10.7. The molecule has 2 aromatic heterocycles. The van der Waals surface area contributed by atoms with E-state index < -0.39 is 5.97 Å². The van der Waals surface area contributed by atoms with Crippen molar-refractivity contribution in [2.45, 2.75) is 6.92 Å². The SMILES string of the molecule is CCOc1cncc(-n2cnc(C(=O)O)c2)n1. The molecule has 2 heterocycles. The Morgan fingerprint density at radius 3 is 3.00 bits per heavy atom. The molecule has 7 nitrogen and oxygen atoms in total. The molecule has 7 heteroatoms. The summed E-state index contributed by atoms with van der Waals surface area (Å²) in [4.78, 5) is 22.5. The van der Waals surface area contributed by atoms with Crippen LogP contribution in [0.5, 0.6) is 5.88 Å². The highest BCUT2D eigenvalue weighted by Crippen LogP contribution is 2.09. The normalized spacial score (nSPS) is 10.2. The number of rotatable bonds is 4. The molecule has 17 heavy (non-hydrogen) atoms. The Hall–Kier alpha value is -2.44. The van der Waals surface area contributed by atoms with Crippen LogP contribution < -0.4 is 4.74 Å². The lowest BCUT2D eigenvalue weighted by atomic mass is 10.5. The van der Waals surface area contributed by atoms with Crippen LogP contribution >= 0.6 is 0 Å². The predicted molar refractivity (Wildman–Crippen MR) is 57.3 cm³/mol. The average molecular weight is 234 g/mol. The molecule has 0 aliphatic carbocycles. The van der Waals surface area contributed by atoms with E-state index in [1.54, 1.807) is 0 Å². The zero-order valence-electron chi connectivity index (χ0n) is 9.07. The summed E-state index contributed by atoms with van der Waals surface area (Å²) < 4.78 is 6.67. The summed E-state index contributed by atoms with van der Waals surface area (Å²) in [6, 6.07) is 0. The van der Waals surface area contributed by atoms with E-state index in [9.17, 15) is 4.79 Å². The van der Waals surface area contributed by atoms with Crippen molar-refractivity contribution in [2.24, 2.45) is 0 Å². The maximum Gasteiger partial charge on any atom is 0.356 e. The maximum atomic E-state index is 10.7. The molecule has 0 unspecified atom stereocenters. The van der Waals surface area contributed by atoms with Crippen LogP contribution in [-0.4, -0.2) is 37.2 Å². The van der Waals surface area contributed by atoms with Crippen LogP contribution in [0, 0.1) is 0 Å². The minimum absolute atomic E-state index is 0.0476. The number of aromatic nitrogens is 4. The number of nitrogens with zero attached hydrogens (tertiary/aromatic N) is 4. The molecule has 0 spiro atoms. The first-order chi connectivity index (χ1) is 8.20. The van der Waals surface area contributed by atoms with Gasteiger partial charge in [0, 0.05) is 6.20 Å². The molecule has 0 saturated carbocycles. The standard InChI is InChI=1S/C10H10N4O3/c1-2-17-9-4-11-3-8(13-9)14-5-7(10(15)16)12-6-14/h3-6H,2H2,1H3,(H,15,16). The van der Waals surface area contributed by atoms with E-state index in [2.05, 4.69) is 15.0 Å². The first kappa shape index (κ1) is 11.1. The molecule has 0 fully saturated rings. The summed E-state index contributed by atoms with van der Waals surface area (Å²) in [6.07, 6.45) is 5.71. The number of imidazole rings is 1. The van der Waals surface area contributed by atoms with Crippen molar-refractivity contribution in [2.75, 3.05) is 6.61 Å². The monoisotopic (exact) mass is 234 g/mol. The first-order valence-corrected chi connectivity index (χ1v) is 4.93. The smallest absolute Gasteiger partial charge is 0.356 e. The highest BCUT2D eigenvalue weighted by atomic mass is 16.5. The molecular formula is C10H10N4O3. The van der Waals surface area contributed by atoms with Crippen LogP contribution in [0.2, 0.25) is 0 Å². The summed E-state index contributed by atoms with van der Waals surface area (Å²) >= 11 is 0. The van der Waals surface area contributed by atoms with Gasteiger partial charge in [-0.05, 0) is 6.92 Å². The summed E-state index contributed by atoms with van der Waals surface area (Å²) in [5.41, 5.74) is -0.0476. The van der Waals surface area contributed by atoms with E-state index in [0.717, 1.165) is 0 Å². The number of aromatic carboxylic acids is 1. The largest absolute Gasteiger partial charge is 0.477 e. The Labute approximate surface area is 96.7 Å². The molecule has 0 aliphatic heterocycles. The molecule has 0 atom stereocenters. The van der Waals surface area contributed by atoms with Crippen LogP contribution in [0.4, 0.5) is 0 Å². The lowest BCUT2D eigenvalue weighted by Crippen LogP contribution is -2.01. The van der Waals surface area contributed by atoms with Gasteiger partial charge in [0.1, 0.15) is 6.33 Å². The summed E-state index contributed by atoms with van der Waals surface area (Å²) in [6.45, 7) is 2.33. The Morgan fingerprint density at radius 2 is 2.35 bits per heavy atom. The van der Waals surface area contributed by atoms with E-state index >= 15 is 0 Å². The van der Waals surface area contributed by atoms with Crippen molar-refractivity contribution in [1.82, 2.24) is 19.5 Å². The van der Waals surface area contributed by atoms with Crippen molar-refractivity contribution in [3.8, 4) is 11.7 Å². The minimum atomic E-state index is -1.09. The number of carboxylic acid groups (broad SMARTS) is 1. The fourth-order valence-corrected chi connectivity index (χ4v) is 1.24. The lowest BCUT2D eigenvalue weighted by Gasteiger charge is -2.03. The van der Waals surface area contributed by atoms with Gasteiger partial charge < -0.3 is 9.84 Å². The molecule has 0 saturated heterocycles. The fourth-order valence-electron chi connectivity index (χ4n) is 1.24. The van der Waals surface area contributed by atoms with Gasteiger partial charge in [0.05, 0.1) is 19.0 Å². The number of hydrogen-bond donors (Lipinski definition) is 1. The first-order valence-electron chi connectivity index (χ1n) is 4.93. The van der Waals surface area contributed by atoms with Gasteiger partial charge in [0.2, 0.25) is 5.88 Å². The summed E-state index contributed by atoms with van der Waals surface area (Å²) in [5, 5.41) is 8.75. The molecule has 0 amide bonds. The molecule has 0 radical (unpaired) electrons. The van der Waals surface area contributed by atoms with Gasteiger partial charge in [-0.3, -0.25) is 9.55 Å². The van der Waals surface area contributed by atoms with Crippen LogP contribution in [0.15, 0.2) is 24.9 Å². The second-order valence-electron chi connectivity index (χ2n) is 3.12. The average Bonchev–Trinajstić information content (AvgIpc) is 2.79. The molecule has 0 bridgehead atoms. The van der Waals surface area contributed by atoms with Crippen molar-refractivity contribution in [1.29, 1.82) is 0 Å². The van der Waals surface area contributed by atoms with Crippen LogP contribution in [-0.2, 0) is 0 Å². The minimum Gasteiger partial charge on any atom is -0.477 e. The summed E-state index contributed by atoms with van der Waals surface area (Å²) in [5.74, 6) is -0.246. The molecule has 0 aliphatic rings. The number of carboxylic acids is 1. The van der Waals surface area contributed by atoms with E-state index in [0.29, 0.717) is 18.3 Å². The highest BCUT2D eigenvalue weighted by Gasteiger charge is 2.08. The third-order valence-electron chi connectivity index (χ3n) is 1.96. The van der Waals surface area contributed by atoms with Crippen molar-refractivity contribution < 1.29 is 14.6 Å². The third kappa shape index (κ3) is 2.39. The second kappa shape index (κ2) is 4.60. The molecular weight excluding hydrogens is 224 g/mol. The van der Waals surface area contributed by atoms with Crippen LogP contribution in [0.1, 0.15) is 17.4 Å². The van der Waals surface area contributed by atoms with Gasteiger partial charge in [-0.15, -0.1) is 0 Å². The van der Waals surface area contributed by atoms with E-state index in [4.69, 9.17) is 9.84 Å². The number of carbonyl (C=O) groups is 1. The van der Waals surface area contributed by atoms with Crippen LogP contribution in [0.25, 0.3) is 5.82 Å². The molecule has 0 aromatic carbocycles. The fraction of sp³-hybridized carbons (Fsp3) is 0.200. The quantitative estimate of drug-likeness (QED) is 0.839.